The number of nitrogens with zero attached hydrogens (tertiary/aromatic N) is 1. The highest BCUT2D eigenvalue weighted by molar-refractivity contribution is 7.86. The summed E-state index contributed by atoms with van der Waals surface area (Å²) in [5.74, 6) is 0.313. The van der Waals surface area contributed by atoms with E-state index in [9.17, 15) is 8.42 Å². The monoisotopic (exact) mass is 420 g/mol. The molecule has 2 rings (SSSR count). The molecule has 0 saturated heterocycles. The van der Waals surface area contributed by atoms with E-state index in [1.165, 1.54) is 57.8 Å². The van der Waals surface area contributed by atoms with Gasteiger partial charge in [-0.05, 0) is 37.6 Å². The van der Waals surface area contributed by atoms with E-state index in [1.54, 1.807) is 18.2 Å². The summed E-state index contributed by atoms with van der Waals surface area (Å²) in [7, 11) is -3.55. The Morgan fingerprint density at radius 2 is 1.55 bits per heavy atom. The van der Waals surface area contributed by atoms with Gasteiger partial charge in [0.1, 0.15) is 5.75 Å². The third-order valence-corrected chi connectivity index (χ3v) is 5.50. The second-order valence-corrected chi connectivity index (χ2v) is 9.46. The van der Waals surface area contributed by atoms with E-state index in [1.807, 2.05) is 13.0 Å². The van der Waals surface area contributed by atoms with Crippen molar-refractivity contribution in [1.29, 1.82) is 0 Å². The molecule has 0 unspecified atom stereocenters. The maximum absolute atomic E-state index is 11.4. The first-order chi connectivity index (χ1) is 13.9. The van der Waals surface area contributed by atoms with E-state index >= 15 is 0 Å². The topological polar surface area (TPSA) is 68.3 Å². The number of unbranched alkanes of at least 4 members (excludes halogenated alkanes) is 9. The van der Waals surface area contributed by atoms with E-state index in [0.29, 0.717) is 5.75 Å². The largest absolute Gasteiger partial charge is 0.384 e. The predicted octanol–water partition coefficient (Wildman–Crippen LogP) is 6.21. The van der Waals surface area contributed by atoms with Gasteiger partial charge in [-0.1, -0.05) is 64.7 Å². The number of hydrogen-bond acceptors (Lipinski definition) is 5. The highest BCUT2D eigenvalue weighted by atomic mass is 32.2. The molecule has 0 amide bonds. The van der Waals surface area contributed by atoms with Crippen LogP contribution in [0.2, 0.25) is 0 Å². The van der Waals surface area contributed by atoms with Crippen LogP contribution in [-0.2, 0) is 10.1 Å². The zero-order valence-electron chi connectivity index (χ0n) is 18.2. The zero-order chi connectivity index (χ0) is 21.1. The van der Waals surface area contributed by atoms with Crippen LogP contribution in [0.5, 0.6) is 5.75 Å². The fraction of sp³-hybridized carbons (Fsp3) is 0.609. The lowest BCUT2D eigenvalue weighted by atomic mass is 10.1. The van der Waals surface area contributed by atoms with Crippen LogP contribution in [0.15, 0.2) is 24.3 Å². The maximum Gasteiger partial charge on any atom is 0.306 e. The van der Waals surface area contributed by atoms with E-state index in [-0.39, 0.29) is 0 Å². The third-order valence-electron chi connectivity index (χ3n) is 5.00. The van der Waals surface area contributed by atoms with Crippen molar-refractivity contribution >= 4 is 26.7 Å². The van der Waals surface area contributed by atoms with Gasteiger partial charge in [0.05, 0.1) is 11.8 Å². The molecule has 0 aliphatic rings. The Morgan fingerprint density at radius 3 is 2.17 bits per heavy atom. The normalized spacial score (nSPS) is 11.7. The molecule has 0 aliphatic heterocycles. The molecule has 5 nitrogen and oxygen atoms in total. The Hall–Kier alpha value is -1.82. The summed E-state index contributed by atoms with van der Waals surface area (Å²) < 4.78 is 27.8. The molecule has 0 fully saturated rings. The van der Waals surface area contributed by atoms with Crippen molar-refractivity contribution in [3.63, 3.8) is 0 Å². The van der Waals surface area contributed by atoms with Crippen LogP contribution in [-0.4, -0.2) is 26.2 Å². The minimum atomic E-state index is -3.55. The summed E-state index contributed by atoms with van der Waals surface area (Å²) in [6, 6.07) is 7.18. The smallest absolute Gasteiger partial charge is 0.306 e. The molecule has 0 radical (unpaired) electrons. The molecule has 1 N–H and O–H groups in total. The van der Waals surface area contributed by atoms with Crippen molar-refractivity contribution in [2.24, 2.45) is 0 Å². The van der Waals surface area contributed by atoms with Crippen molar-refractivity contribution in [3.05, 3.63) is 30.0 Å². The standard InChI is InChI=1S/C23H36N2O3S/c1-4-5-6-7-8-9-10-11-12-13-16-24-23-17-19(2)25-22-15-14-20(18-21(22)23)28-29(3,26)27/h14-15,17-18H,4-13,16H2,1-3H3,(H,24,25). The molecule has 0 spiro atoms. The molecule has 1 aromatic carbocycles. The number of aryl methyl sites for hydroxylation is 1. The Balaban J connectivity index is 1.81. The summed E-state index contributed by atoms with van der Waals surface area (Å²) in [4.78, 5) is 4.53. The Morgan fingerprint density at radius 1 is 0.931 bits per heavy atom. The van der Waals surface area contributed by atoms with Gasteiger partial charge in [0.15, 0.2) is 0 Å². The van der Waals surface area contributed by atoms with Crippen molar-refractivity contribution in [1.82, 2.24) is 4.98 Å². The van der Waals surface area contributed by atoms with Crippen molar-refractivity contribution < 1.29 is 12.6 Å². The lowest BCUT2D eigenvalue weighted by molar-refractivity contribution is 0.493. The van der Waals surface area contributed by atoms with Gasteiger partial charge in [-0.15, -0.1) is 0 Å². The number of rotatable bonds is 14. The van der Waals surface area contributed by atoms with E-state index in [0.717, 1.165) is 41.5 Å². The van der Waals surface area contributed by atoms with Crippen molar-refractivity contribution in [2.75, 3.05) is 18.1 Å². The first-order valence-electron chi connectivity index (χ1n) is 10.9. The second-order valence-electron chi connectivity index (χ2n) is 7.89. The molecular formula is C23H36N2O3S. The molecule has 1 aromatic heterocycles. The molecule has 6 heteroatoms. The highest BCUT2D eigenvalue weighted by Gasteiger charge is 2.09. The summed E-state index contributed by atoms with van der Waals surface area (Å²) in [6.07, 6.45) is 14.2. The number of fused-ring (bicyclic) bond motifs is 1. The Labute approximate surface area is 176 Å². The minimum Gasteiger partial charge on any atom is -0.384 e. The highest BCUT2D eigenvalue weighted by Crippen LogP contribution is 2.28. The molecule has 0 atom stereocenters. The Bertz CT molecular complexity index is 866. The third kappa shape index (κ3) is 9.03. The number of benzene rings is 1. The lowest BCUT2D eigenvalue weighted by Gasteiger charge is -2.12. The lowest BCUT2D eigenvalue weighted by Crippen LogP contribution is -2.06. The van der Waals surface area contributed by atoms with Gasteiger partial charge in [0.2, 0.25) is 0 Å². The maximum atomic E-state index is 11.4. The van der Waals surface area contributed by atoms with Crippen LogP contribution in [0.25, 0.3) is 10.9 Å². The van der Waals surface area contributed by atoms with Gasteiger partial charge in [-0.3, -0.25) is 4.98 Å². The fourth-order valence-electron chi connectivity index (χ4n) is 3.55. The first kappa shape index (κ1) is 23.5. The van der Waals surface area contributed by atoms with Crippen LogP contribution in [0.1, 0.15) is 76.8 Å². The van der Waals surface area contributed by atoms with Crippen LogP contribution in [0.4, 0.5) is 5.69 Å². The quantitative estimate of drug-likeness (QED) is 0.290. The van der Waals surface area contributed by atoms with Crippen LogP contribution < -0.4 is 9.50 Å². The molecule has 2 aromatic rings. The summed E-state index contributed by atoms with van der Waals surface area (Å²) in [5, 5.41) is 4.38. The van der Waals surface area contributed by atoms with E-state index in [4.69, 9.17) is 4.18 Å². The van der Waals surface area contributed by atoms with Gasteiger partial charge in [-0.25, -0.2) is 0 Å². The van der Waals surface area contributed by atoms with Crippen LogP contribution in [0.3, 0.4) is 0 Å². The van der Waals surface area contributed by atoms with Gasteiger partial charge < -0.3 is 9.50 Å². The molecule has 0 saturated carbocycles. The first-order valence-corrected chi connectivity index (χ1v) is 12.8. The van der Waals surface area contributed by atoms with Gasteiger partial charge in [-0.2, -0.15) is 8.42 Å². The zero-order valence-corrected chi connectivity index (χ0v) is 19.0. The van der Waals surface area contributed by atoms with Crippen LogP contribution >= 0.6 is 0 Å². The summed E-state index contributed by atoms with van der Waals surface area (Å²) in [6.45, 7) is 5.12. The van der Waals surface area contributed by atoms with Crippen LogP contribution in [0, 0.1) is 6.92 Å². The van der Waals surface area contributed by atoms with E-state index in [2.05, 4.69) is 17.2 Å². The van der Waals surface area contributed by atoms with Gasteiger partial charge in [0, 0.05) is 23.3 Å². The van der Waals surface area contributed by atoms with Gasteiger partial charge >= 0.3 is 10.1 Å². The van der Waals surface area contributed by atoms with Crippen molar-refractivity contribution in [2.45, 2.75) is 78.1 Å². The molecule has 29 heavy (non-hydrogen) atoms. The number of aromatic nitrogens is 1. The van der Waals surface area contributed by atoms with E-state index < -0.39 is 10.1 Å². The number of anilines is 1. The number of hydrogen-bond donors (Lipinski definition) is 1. The second kappa shape index (κ2) is 12.0. The summed E-state index contributed by atoms with van der Waals surface area (Å²) in [5.41, 5.74) is 2.73. The number of pyridine rings is 1. The van der Waals surface area contributed by atoms with Gasteiger partial charge in [0.25, 0.3) is 0 Å². The molecule has 162 valence electrons. The molecule has 0 aliphatic carbocycles. The minimum absolute atomic E-state index is 0.313. The Kier molecular flexibility index (Phi) is 9.71. The predicted molar refractivity (Wildman–Crippen MR) is 122 cm³/mol. The summed E-state index contributed by atoms with van der Waals surface area (Å²) >= 11 is 0. The number of nitrogens with one attached hydrogen (secondary N) is 1. The fourth-order valence-corrected chi connectivity index (χ4v) is 4.00. The SMILES string of the molecule is CCCCCCCCCCCCNc1cc(C)nc2ccc(OS(C)(=O)=O)cc12. The molecular weight excluding hydrogens is 384 g/mol. The van der Waals surface area contributed by atoms with Crippen molar-refractivity contribution in [3.8, 4) is 5.75 Å². The molecule has 0 bridgehead atoms. The average Bonchev–Trinajstić information content (AvgIpc) is 2.65. The average molecular weight is 421 g/mol. The molecule has 1 heterocycles.